The monoisotopic (exact) mass is 304 g/mol. The number of carbonyl (C=O) groups excluding carboxylic acids is 1. The number of thiophene rings is 1. The fourth-order valence-corrected chi connectivity index (χ4v) is 5.32. The molecule has 4 heteroatoms. The Balaban J connectivity index is 1.57. The lowest BCUT2D eigenvalue weighted by Gasteiger charge is -2.48. The fraction of sp³-hybridized carbons (Fsp3) is 0.706. The minimum Gasteiger partial charge on any atom is -0.333 e. The van der Waals surface area contributed by atoms with E-state index in [1.54, 1.807) is 11.3 Å². The Bertz CT molecular complexity index is 501. The highest BCUT2D eigenvalue weighted by Gasteiger charge is 2.51. The van der Waals surface area contributed by atoms with E-state index in [0.29, 0.717) is 11.9 Å². The third kappa shape index (κ3) is 2.15. The molecule has 21 heavy (non-hydrogen) atoms. The zero-order chi connectivity index (χ0) is 14.3. The van der Waals surface area contributed by atoms with E-state index in [1.165, 1.54) is 30.6 Å². The summed E-state index contributed by atoms with van der Waals surface area (Å²) >= 11 is 1.79. The number of nitrogens with zero attached hydrogens (tertiary/aromatic N) is 2. The first-order valence-electron chi connectivity index (χ1n) is 8.41. The van der Waals surface area contributed by atoms with Crippen molar-refractivity contribution < 1.29 is 4.79 Å². The van der Waals surface area contributed by atoms with Crippen molar-refractivity contribution in [1.82, 2.24) is 9.80 Å². The second-order valence-electron chi connectivity index (χ2n) is 6.75. The average molecular weight is 304 g/mol. The van der Waals surface area contributed by atoms with Gasteiger partial charge in [-0.25, -0.2) is 0 Å². The first kappa shape index (κ1) is 13.8. The SMILES string of the molecule is O=C(N1CC[C@@H]1c1cccs1)C1(N2CCCC2)CCCC1. The molecular formula is C17H24N2OS. The number of amides is 1. The summed E-state index contributed by atoms with van der Waals surface area (Å²) in [5.41, 5.74) is -0.146. The molecule has 0 N–H and O–H groups in total. The van der Waals surface area contributed by atoms with E-state index >= 15 is 0 Å². The lowest BCUT2D eigenvalue weighted by Crippen LogP contribution is -2.60. The molecule has 1 aromatic heterocycles. The van der Waals surface area contributed by atoms with Gasteiger partial charge in [-0.3, -0.25) is 9.69 Å². The van der Waals surface area contributed by atoms with Crippen LogP contribution in [0.25, 0.3) is 0 Å². The van der Waals surface area contributed by atoms with Crippen LogP contribution in [0.4, 0.5) is 0 Å². The molecule has 114 valence electrons. The van der Waals surface area contributed by atoms with Crippen molar-refractivity contribution in [3.63, 3.8) is 0 Å². The molecule has 2 saturated heterocycles. The van der Waals surface area contributed by atoms with Crippen LogP contribution in [0.1, 0.15) is 55.9 Å². The molecule has 1 amide bonds. The Morgan fingerprint density at radius 1 is 1.14 bits per heavy atom. The van der Waals surface area contributed by atoms with Gasteiger partial charge in [0.15, 0.2) is 0 Å². The highest BCUT2D eigenvalue weighted by atomic mass is 32.1. The van der Waals surface area contributed by atoms with Crippen LogP contribution in [-0.2, 0) is 4.79 Å². The molecular weight excluding hydrogens is 280 g/mol. The van der Waals surface area contributed by atoms with Gasteiger partial charge in [0.1, 0.15) is 5.54 Å². The van der Waals surface area contributed by atoms with Gasteiger partial charge < -0.3 is 4.90 Å². The van der Waals surface area contributed by atoms with Gasteiger partial charge in [-0.05, 0) is 56.6 Å². The number of likely N-dealkylation sites (tertiary alicyclic amines) is 2. The van der Waals surface area contributed by atoms with Crippen molar-refractivity contribution in [3.8, 4) is 0 Å². The van der Waals surface area contributed by atoms with E-state index in [-0.39, 0.29) is 5.54 Å². The van der Waals surface area contributed by atoms with Crippen LogP contribution in [0.5, 0.6) is 0 Å². The second kappa shape index (κ2) is 5.40. The molecule has 3 fully saturated rings. The lowest BCUT2D eigenvalue weighted by molar-refractivity contribution is -0.152. The van der Waals surface area contributed by atoms with Gasteiger partial charge in [0.2, 0.25) is 5.91 Å². The zero-order valence-electron chi connectivity index (χ0n) is 12.6. The molecule has 3 heterocycles. The van der Waals surface area contributed by atoms with Crippen molar-refractivity contribution in [3.05, 3.63) is 22.4 Å². The molecule has 3 nitrogen and oxygen atoms in total. The van der Waals surface area contributed by atoms with Crippen LogP contribution in [0.2, 0.25) is 0 Å². The quantitative estimate of drug-likeness (QED) is 0.854. The molecule has 0 radical (unpaired) electrons. The van der Waals surface area contributed by atoms with Gasteiger partial charge in [-0.2, -0.15) is 0 Å². The fourth-order valence-electron chi connectivity index (χ4n) is 4.44. The van der Waals surface area contributed by atoms with Gasteiger partial charge in [0.25, 0.3) is 0 Å². The molecule has 0 aromatic carbocycles. The Kier molecular flexibility index (Phi) is 3.54. The van der Waals surface area contributed by atoms with E-state index in [4.69, 9.17) is 0 Å². The number of hydrogen-bond acceptors (Lipinski definition) is 3. The van der Waals surface area contributed by atoms with Crippen molar-refractivity contribution in [2.45, 2.75) is 56.5 Å². The van der Waals surface area contributed by atoms with Crippen LogP contribution in [-0.4, -0.2) is 40.9 Å². The third-order valence-corrected chi connectivity index (χ3v) is 6.67. The minimum atomic E-state index is -0.146. The molecule has 2 aliphatic heterocycles. The van der Waals surface area contributed by atoms with Crippen LogP contribution in [0.15, 0.2) is 17.5 Å². The summed E-state index contributed by atoms with van der Waals surface area (Å²) in [6.07, 6.45) is 8.29. The third-order valence-electron chi connectivity index (χ3n) is 5.69. The normalized spacial score (nSPS) is 28.8. The average Bonchev–Trinajstić information content (AvgIpc) is 3.20. The zero-order valence-corrected chi connectivity index (χ0v) is 13.4. The highest BCUT2D eigenvalue weighted by molar-refractivity contribution is 7.10. The molecule has 1 saturated carbocycles. The Morgan fingerprint density at radius 3 is 2.48 bits per heavy atom. The number of carbonyl (C=O) groups is 1. The molecule has 3 aliphatic rings. The maximum atomic E-state index is 13.3. The van der Waals surface area contributed by atoms with Crippen molar-refractivity contribution >= 4 is 17.2 Å². The standard InChI is InChI=1S/C17H24N2OS/c20-16(19-12-7-14(19)15-6-5-13-21-15)17(8-1-2-9-17)18-10-3-4-11-18/h5-6,13-14H,1-4,7-12H2/t14-/m1/s1. The first-order valence-corrected chi connectivity index (χ1v) is 9.29. The van der Waals surface area contributed by atoms with E-state index in [0.717, 1.165) is 38.9 Å². The van der Waals surface area contributed by atoms with Crippen LogP contribution in [0.3, 0.4) is 0 Å². The molecule has 0 spiro atoms. The summed E-state index contributed by atoms with van der Waals surface area (Å²) < 4.78 is 0. The predicted octanol–water partition coefficient (Wildman–Crippen LogP) is 3.43. The van der Waals surface area contributed by atoms with Crippen LogP contribution >= 0.6 is 11.3 Å². The van der Waals surface area contributed by atoms with E-state index in [1.807, 2.05) is 0 Å². The molecule has 4 rings (SSSR count). The van der Waals surface area contributed by atoms with E-state index in [2.05, 4.69) is 27.3 Å². The van der Waals surface area contributed by atoms with Gasteiger partial charge in [0, 0.05) is 11.4 Å². The maximum Gasteiger partial charge on any atom is 0.243 e. The van der Waals surface area contributed by atoms with Crippen LogP contribution in [0, 0.1) is 0 Å². The molecule has 0 bridgehead atoms. The van der Waals surface area contributed by atoms with Crippen molar-refractivity contribution in [1.29, 1.82) is 0 Å². The smallest absolute Gasteiger partial charge is 0.243 e. The summed E-state index contributed by atoms with van der Waals surface area (Å²) in [6, 6.07) is 4.65. The van der Waals surface area contributed by atoms with E-state index in [9.17, 15) is 4.79 Å². The molecule has 0 unspecified atom stereocenters. The minimum absolute atomic E-state index is 0.146. The highest BCUT2D eigenvalue weighted by Crippen LogP contribution is 2.44. The summed E-state index contributed by atoms with van der Waals surface area (Å²) in [6.45, 7) is 3.21. The summed E-state index contributed by atoms with van der Waals surface area (Å²) in [5.74, 6) is 0.437. The number of rotatable bonds is 3. The molecule has 1 aliphatic carbocycles. The summed E-state index contributed by atoms with van der Waals surface area (Å²) in [4.78, 5) is 19.4. The maximum absolute atomic E-state index is 13.3. The van der Waals surface area contributed by atoms with Crippen molar-refractivity contribution in [2.24, 2.45) is 0 Å². The van der Waals surface area contributed by atoms with Gasteiger partial charge in [-0.15, -0.1) is 11.3 Å². The summed E-state index contributed by atoms with van der Waals surface area (Å²) in [5, 5.41) is 2.13. The van der Waals surface area contributed by atoms with Gasteiger partial charge in [-0.1, -0.05) is 18.9 Å². The predicted molar refractivity (Wildman–Crippen MR) is 85.4 cm³/mol. The van der Waals surface area contributed by atoms with Gasteiger partial charge in [0.05, 0.1) is 6.04 Å². The Hall–Kier alpha value is -0.870. The summed E-state index contributed by atoms with van der Waals surface area (Å²) in [7, 11) is 0. The molecule has 1 atom stereocenters. The largest absolute Gasteiger partial charge is 0.333 e. The lowest BCUT2D eigenvalue weighted by atomic mass is 9.89. The number of hydrogen-bond donors (Lipinski definition) is 0. The van der Waals surface area contributed by atoms with Crippen molar-refractivity contribution in [2.75, 3.05) is 19.6 Å². The van der Waals surface area contributed by atoms with Crippen LogP contribution < -0.4 is 0 Å². The molecule has 1 aromatic rings. The van der Waals surface area contributed by atoms with Gasteiger partial charge >= 0.3 is 0 Å². The second-order valence-corrected chi connectivity index (χ2v) is 7.73. The van der Waals surface area contributed by atoms with E-state index < -0.39 is 0 Å². The Labute approximate surface area is 130 Å². The Morgan fingerprint density at radius 2 is 1.90 bits per heavy atom. The first-order chi connectivity index (χ1) is 10.3. The topological polar surface area (TPSA) is 23.6 Å².